The molecule has 0 radical (unpaired) electrons. The van der Waals surface area contributed by atoms with E-state index in [1.165, 1.54) is 6.92 Å². The summed E-state index contributed by atoms with van der Waals surface area (Å²) in [6.45, 7) is 7.71. The third-order valence-electron chi connectivity index (χ3n) is 9.08. The number of carbonyl (C=O) groups is 10. The topological polar surface area (TPSA) is 327 Å². The molecule has 0 bridgehead atoms. The van der Waals surface area contributed by atoms with Crippen molar-refractivity contribution in [2.75, 3.05) is 6.54 Å². The summed E-state index contributed by atoms with van der Waals surface area (Å²) >= 11 is 0. The summed E-state index contributed by atoms with van der Waals surface area (Å²) in [5.41, 5.74) is 11.8. The summed E-state index contributed by atoms with van der Waals surface area (Å²) in [7, 11) is 0. The fraction of sp³-hybridized carbons (Fsp3) is 0.429. The van der Waals surface area contributed by atoms with Crippen LogP contribution in [0.2, 0.25) is 0 Å². The number of aliphatic carboxylic acids is 1. The van der Waals surface area contributed by atoms with E-state index in [1.54, 1.807) is 74.5 Å². The number of hydrogen-bond donors (Lipinski definition) is 10. The van der Waals surface area contributed by atoms with Gasteiger partial charge in [-0.2, -0.15) is 0 Å². The molecule has 336 valence electrons. The third kappa shape index (κ3) is 18.4. The highest BCUT2D eigenvalue weighted by Crippen LogP contribution is 2.16. The first-order valence-corrected chi connectivity index (χ1v) is 19.8. The molecule has 0 saturated carbocycles. The van der Waals surface area contributed by atoms with Crippen molar-refractivity contribution in [2.45, 2.75) is 96.6 Å². The number of amides is 9. The Kier molecular flexibility index (Phi) is 21.0. The van der Waals surface area contributed by atoms with Gasteiger partial charge in [-0.15, -0.1) is 0 Å². The molecular weight excluding hydrogens is 807 g/mol. The number of rotatable bonds is 25. The molecule has 20 nitrogen and oxygen atoms in total. The molecule has 2 aromatic carbocycles. The monoisotopic (exact) mass is 863 g/mol. The average molecular weight is 864 g/mol. The molecule has 0 aliphatic carbocycles. The van der Waals surface area contributed by atoms with Crippen LogP contribution in [0.15, 0.2) is 72.8 Å². The predicted molar refractivity (Wildman–Crippen MR) is 225 cm³/mol. The molecule has 0 unspecified atom stereocenters. The highest BCUT2D eigenvalue weighted by Gasteiger charge is 2.33. The Labute approximate surface area is 359 Å². The van der Waals surface area contributed by atoms with E-state index in [-0.39, 0.29) is 37.5 Å². The second-order valence-electron chi connectivity index (χ2n) is 15.2. The number of nitrogens with one attached hydrogen (secondary N) is 7. The molecule has 6 atom stereocenters. The number of hydrogen-bond acceptors (Lipinski definition) is 10. The van der Waals surface area contributed by atoms with Crippen LogP contribution >= 0.6 is 0 Å². The van der Waals surface area contributed by atoms with Crippen molar-refractivity contribution < 1.29 is 53.1 Å². The summed E-state index contributed by atoms with van der Waals surface area (Å²) in [5.74, 6) is -9.20. The van der Waals surface area contributed by atoms with E-state index in [4.69, 9.17) is 11.5 Å². The van der Waals surface area contributed by atoms with Gasteiger partial charge in [-0.05, 0) is 42.7 Å². The molecule has 0 aliphatic heterocycles. The van der Waals surface area contributed by atoms with Crippen molar-refractivity contribution in [2.24, 2.45) is 23.3 Å². The molecule has 20 heteroatoms. The van der Waals surface area contributed by atoms with Crippen LogP contribution < -0.4 is 48.7 Å². The van der Waals surface area contributed by atoms with Crippen molar-refractivity contribution in [3.05, 3.63) is 83.9 Å². The SMILES string of the molecule is CC(C)C[C@H](NC(=O)[C@@H](NC(=O)[C@H](CCC(N)=O)NC(=O)/C=C/C(=O)N[C@@H](C)C(=O)NCC(=O)N[C@@H](Cc1ccccc1)C(=O)O)c1ccccc1)C(=O)N[C@H](C(N)=O)C(C)C. The van der Waals surface area contributed by atoms with E-state index in [0.717, 1.165) is 12.2 Å². The zero-order chi connectivity index (χ0) is 46.5. The Hall–Kier alpha value is -7.12. The van der Waals surface area contributed by atoms with Crippen molar-refractivity contribution in [3.8, 4) is 0 Å². The molecular formula is C42H57N9O11. The van der Waals surface area contributed by atoms with Gasteiger partial charge in [0.1, 0.15) is 36.3 Å². The highest BCUT2D eigenvalue weighted by atomic mass is 16.4. The Morgan fingerprint density at radius 1 is 0.629 bits per heavy atom. The zero-order valence-corrected chi connectivity index (χ0v) is 35.3. The van der Waals surface area contributed by atoms with Crippen LogP contribution in [0.25, 0.3) is 0 Å². The van der Waals surface area contributed by atoms with Gasteiger partial charge in [0, 0.05) is 25.0 Å². The van der Waals surface area contributed by atoms with Gasteiger partial charge in [0.2, 0.25) is 53.2 Å². The van der Waals surface area contributed by atoms with Gasteiger partial charge in [-0.3, -0.25) is 43.2 Å². The van der Waals surface area contributed by atoms with Crippen LogP contribution in [-0.4, -0.2) is 101 Å². The van der Waals surface area contributed by atoms with Crippen molar-refractivity contribution in [1.29, 1.82) is 0 Å². The van der Waals surface area contributed by atoms with Gasteiger partial charge in [0.15, 0.2) is 0 Å². The van der Waals surface area contributed by atoms with Crippen LogP contribution in [-0.2, 0) is 54.4 Å². The van der Waals surface area contributed by atoms with Crippen LogP contribution in [0.5, 0.6) is 0 Å². The van der Waals surface area contributed by atoms with E-state index in [9.17, 15) is 53.1 Å². The number of carboxylic acid groups (broad SMARTS) is 1. The molecule has 0 fully saturated rings. The Morgan fingerprint density at radius 2 is 1.19 bits per heavy atom. The van der Waals surface area contributed by atoms with Gasteiger partial charge in [-0.25, -0.2) is 4.79 Å². The first kappa shape index (κ1) is 51.0. The van der Waals surface area contributed by atoms with Crippen molar-refractivity contribution >= 4 is 59.1 Å². The van der Waals surface area contributed by atoms with Gasteiger partial charge in [0.25, 0.3) is 0 Å². The normalized spacial score (nSPS) is 13.9. The Morgan fingerprint density at radius 3 is 1.73 bits per heavy atom. The van der Waals surface area contributed by atoms with Crippen LogP contribution in [0.4, 0.5) is 0 Å². The first-order chi connectivity index (χ1) is 29.2. The minimum atomic E-state index is -1.47. The van der Waals surface area contributed by atoms with Gasteiger partial charge >= 0.3 is 5.97 Å². The van der Waals surface area contributed by atoms with E-state index >= 15 is 0 Å². The van der Waals surface area contributed by atoms with Crippen LogP contribution in [0.1, 0.15) is 71.0 Å². The largest absolute Gasteiger partial charge is 0.480 e. The maximum Gasteiger partial charge on any atom is 0.326 e. The molecule has 0 saturated heterocycles. The van der Waals surface area contributed by atoms with Crippen molar-refractivity contribution in [1.82, 2.24) is 37.2 Å². The maximum absolute atomic E-state index is 13.9. The maximum atomic E-state index is 13.9. The smallest absolute Gasteiger partial charge is 0.326 e. The third-order valence-corrected chi connectivity index (χ3v) is 9.08. The van der Waals surface area contributed by atoms with Gasteiger partial charge < -0.3 is 53.8 Å². The summed E-state index contributed by atoms with van der Waals surface area (Å²) in [5, 5.41) is 26.6. The summed E-state index contributed by atoms with van der Waals surface area (Å²) < 4.78 is 0. The lowest BCUT2D eigenvalue weighted by Gasteiger charge is -2.27. The fourth-order valence-corrected chi connectivity index (χ4v) is 5.84. The zero-order valence-electron chi connectivity index (χ0n) is 35.3. The summed E-state index contributed by atoms with van der Waals surface area (Å²) in [6.07, 6.45) is 0.988. The highest BCUT2D eigenvalue weighted by molar-refractivity contribution is 6.01. The molecule has 0 aromatic heterocycles. The molecule has 9 amide bonds. The molecule has 2 rings (SSSR count). The number of carboxylic acids is 1. The molecule has 0 aliphatic rings. The number of carbonyl (C=O) groups excluding carboxylic acids is 9. The van der Waals surface area contributed by atoms with E-state index < -0.39 is 102 Å². The summed E-state index contributed by atoms with van der Waals surface area (Å²) in [4.78, 5) is 127. The fourth-order valence-electron chi connectivity index (χ4n) is 5.84. The lowest BCUT2D eigenvalue weighted by atomic mass is 9.99. The molecule has 0 heterocycles. The number of nitrogens with two attached hydrogens (primary N) is 2. The van der Waals surface area contributed by atoms with E-state index in [2.05, 4.69) is 37.2 Å². The second-order valence-corrected chi connectivity index (χ2v) is 15.2. The molecule has 62 heavy (non-hydrogen) atoms. The molecule has 12 N–H and O–H groups in total. The Balaban J connectivity index is 2.12. The van der Waals surface area contributed by atoms with Gasteiger partial charge in [-0.1, -0.05) is 88.4 Å². The first-order valence-electron chi connectivity index (χ1n) is 19.8. The van der Waals surface area contributed by atoms with Crippen molar-refractivity contribution in [3.63, 3.8) is 0 Å². The van der Waals surface area contributed by atoms with Gasteiger partial charge in [0.05, 0.1) is 6.54 Å². The minimum Gasteiger partial charge on any atom is -0.480 e. The Bertz CT molecular complexity index is 1940. The quantitative estimate of drug-likeness (QED) is 0.0526. The lowest BCUT2D eigenvalue weighted by Crippen LogP contribution is -2.56. The van der Waals surface area contributed by atoms with E-state index in [1.807, 2.05) is 13.8 Å². The number of benzene rings is 2. The standard InChI is InChI=1S/C42H57N9O11/c1-23(2)20-29(40(59)50-35(24(3)4)37(44)56)49-41(60)36(27-14-10-7-11-15-27)51-39(58)28(16-17-31(43)52)47-33(54)19-18-32(53)46-25(5)38(57)45-22-34(55)48-30(42(61)62)21-26-12-8-6-9-13-26/h6-15,18-19,23-25,28-30,35-36H,16-17,20-22H2,1-5H3,(H2,43,52)(H2,44,56)(H,45,57)(H,46,53)(H,47,54)(H,48,55)(H,49,60)(H,50,59)(H,51,58)(H,61,62)/b19-18+/t25-,28-,29-,30-,35-,36-/m0/s1. The molecule has 2 aromatic rings. The second kappa shape index (κ2) is 25.5. The summed E-state index contributed by atoms with van der Waals surface area (Å²) in [6, 6.07) is 9.01. The van der Waals surface area contributed by atoms with Crippen LogP contribution in [0.3, 0.4) is 0 Å². The average Bonchev–Trinajstić information content (AvgIpc) is 3.21. The minimum absolute atomic E-state index is 0.00520. The lowest BCUT2D eigenvalue weighted by molar-refractivity contribution is -0.141. The number of primary amides is 2. The molecule has 0 spiro atoms. The van der Waals surface area contributed by atoms with Crippen LogP contribution in [0, 0.1) is 11.8 Å². The predicted octanol–water partition coefficient (Wildman–Crippen LogP) is -1.26. The van der Waals surface area contributed by atoms with E-state index in [0.29, 0.717) is 11.1 Å².